The molecule has 1 aliphatic rings. The summed E-state index contributed by atoms with van der Waals surface area (Å²) in [4.78, 5) is 16.8. The molecule has 0 aromatic heterocycles. The van der Waals surface area contributed by atoms with E-state index in [0.717, 1.165) is 29.4 Å². The molecule has 1 aliphatic heterocycles. The van der Waals surface area contributed by atoms with Crippen LogP contribution < -0.4 is 9.47 Å². The van der Waals surface area contributed by atoms with Gasteiger partial charge in [-0.15, -0.1) is 0 Å². The number of carbonyl (C=O) groups is 1. The van der Waals surface area contributed by atoms with Crippen LogP contribution in [-0.4, -0.2) is 19.0 Å². The highest BCUT2D eigenvalue weighted by atomic mass is 127. The zero-order chi connectivity index (χ0) is 22.7. The average Bonchev–Trinajstić information content (AvgIpc) is 3.14. The molecule has 0 bridgehead atoms. The fourth-order valence-corrected chi connectivity index (χ4v) is 4.55. The molecule has 0 aliphatic carbocycles. The monoisotopic (exact) mass is 651 g/mol. The summed E-state index contributed by atoms with van der Waals surface area (Å²) in [7, 11) is 1.60. The van der Waals surface area contributed by atoms with Gasteiger partial charge in [0.15, 0.2) is 17.2 Å². The Hall–Kier alpha value is -2.40. The van der Waals surface area contributed by atoms with Gasteiger partial charge in [-0.2, -0.15) is 0 Å². The third-order valence-corrected chi connectivity index (χ3v) is 6.73. The van der Waals surface area contributed by atoms with Gasteiger partial charge in [0.2, 0.25) is 5.90 Å². The van der Waals surface area contributed by atoms with E-state index < -0.39 is 5.97 Å². The average molecular weight is 651 g/mol. The van der Waals surface area contributed by atoms with Gasteiger partial charge >= 0.3 is 5.97 Å². The molecule has 1 heterocycles. The lowest BCUT2D eigenvalue weighted by molar-refractivity contribution is -0.129. The topological polar surface area (TPSA) is 57.1 Å². The van der Waals surface area contributed by atoms with Crippen LogP contribution in [-0.2, 0) is 16.1 Å². The van der Waals surface area contributed by atoms with Crippen LogP contribution in [0, 0.1) is 14.1 Å². The van der Waals surface area contributed by atoms with Crippen molar-refractivity contribution in [1.29, 1.82) is 0 Å². The molecule has 0 saturated heterocycles. The number of methoxy groups -OCH3 is 1. The van der Waals surface area contributed by atoms with Crippen LogP contribution in [0.5, 0.6) is 11.5 Å². The fraction of sp³-hybridized carbons (Fsp3) is 0.120. The van der Waals surface area contributed by atoms with Gasteiger partial charge in [0.25, 0.3) is 0 Å². The van der Waals surface area contributed by atoms with Gasteiger partial charge in [-0.05, 0) is 93.6 Å². The van der Waals surface area contributed by atoms with Crippen molar-refractivity contribution in [3.63, 3.8) is 0 Å². The number of benzene rings is 3. The first-order chi connectivity index (χ1) is 15.5. The van der Waals surface area contributed by atoms with Crippen molar-refractivity contribution < 1.29 is 19.0 Å². The quantitative estimate of drug-likeness (QED) is 0.183. The largest absolute Gasteiger partial charge is 0.493 e. The van der Waals surface area contributed by atoms with E-state index in [2.05, 4.69) is 50.2 Å². The lowest BCUT2D eigenvalue weighted by Crippen LogP contribution is -2.06. The normalized spacial score (nSPS) is 14.3. The smallest absolute Gasteiger partial charge is 0.363 e. The van der Waals surface area contributed by atoms with Crippen molar-refractivity contribution in [2.75, 3.05) is 7.11 Å². The van der Waals surface area contributed by atoms with E-state index in [9.17, 15) is 4.79 Å². The maximum atomic E-state index is 12.4. The standard InChI is InChI=1S/C25H19I2NO4/c1-15-7-3-5-9-18(15)24-28-21(25(29)32-24)12-16-11-20(27)23(22(13-16)30-2)31-14-17-8-4-6-10-19(17)26/h3-13H,14H2,1-2H3/b21-12-. The number of aryl methyl sites for hydroxylation is 1. The predicted octanol–water partition coefficient (Wildman–Crippen LogP) is 6.14. The number of rotatable bonds is 6. The highest BCUT2D eigenvalue weighted by Gasteiger charge is 2.25. The van der Waals surface area contributed by atoms with Gasteiger partial charge in [-0.25, -0.2) is 9.79 Å². The second-order valence-corrected chi connectivity index (χ2v) is 9.39. The molecule has 0 saturated carbocycles. The van der Waals surface area contributed by atoms with E-state index >= 15 is 0 Å². The number of hydrogen-bond acceptors (Lipinski definition) is 5. The molecule has 0 radical (unpaired) electrons. The Labute approximate surface area is 213 Å². The minimum atomic E-state index is -0.476. The molecule has 3 aromatic rings. The van der Waals surface area contributed by atoms with Gasteiger partial charge < -0.3 is 14.2 Å². The molecule has 5 nitrogen and oxygen atoms in total. The van der Waals surface area contributed by atoms with Crippen molar-refractivity contribution in [2.45, 2.75) is 13.5 Å². The number of cyclic esters (lactones) is 1. The molecule has 0 fully saturated rings. The summed E-state index contributed by atoms with van der Waals surface area (Å²) in [6, 6.07) is 19.5. The van der Waals surface area contributed by atoms with Crippen molar-refractivity contribution in [1.82, 2.24) is 0 Å². The first-order valence-corrected chi connectivity index (χ1v) is 11.9. The molecule has 0 spiro atoms. The third kappa shape index (κ3) is 4.98. The molecular formula is C25H19I2NO4. The molecule has 32 heavy (non-hydrogen) atoms. The number of ether oxygens (including phenoxy) is 3. The first kappa shape index (κ1) is 22.8. The number of carbonyl (C=O) groups excluding carboxylic acids is 1. The summed E-state index contributed by atoms with van der Waals surface area (Å²) < 4.78 is 19.1. The van der Waals surface area contributed by atoms with Gasteiger partial charge in [-0.1, -0.05) is 36.4 Å². The van der Waals surface area contributed by atoms with Gasteiger partial charge in [-0.3, -0.25) is 0 Å². The van der Waals surface area contributed by atoms with Crippen LogP contribution in [0.15, 0.2) is 71.4 Å². The molecule has 162 valence electrons. The summed E-state index contributed by atoms with van der Waals surface area (Å²) in [6.07, 6.45) is 1.70. The Morgan fingerprint density at radius 2 is 1.78 bits per heavy atom. The number of esters is 1. The highest BCUT2D eigenvalue weighted by molar-refractivity contribution is 14.1. The number of hydrogen-bond donors (Lipinski definition) is 0. The maximum absolute atomic E-state index is 12.4. The third-order valence-electron chi connectivity index (χ3n) is 4.88. The summed E-state index contributed by atoms with van der Waals surface area (Å²) in [6.45, 7) is 2.39. The van der Waals surface area contributed by atoms with Crippen LogP contribution >= 0.6 is 45.2 Å². The van der Waals surface area contributed by atoms with Crippen molar-refractivity contribution in [3.8, 4) is 11.5 Å². The van der Waals surface area contributed by atoms with Gasteiger partial charge in [0, 0.05) is 14.7 Å². The van der Waals surface area contributed by atoms with Crippen LogP contribution in [0.4, 0.5) is 0 Å². The first-order valence-electron chi connectivity index (χ1n) is 9.78. The highest BCUT2D eigenvalue weighted by Crippen LogP contribution is 2.36. The molecule has 3 aromatic carbocycles. The molecule has 0 N–H and O–H groups in total. The second-order valence-electron chi connectivity index (χ2n) is 7.07. The lowest BCUT2D eigenvalue weighted by atomic mass is 10.1. The molecule has 0 atom stereocenters. The Balaban J connectivity index is 1.61. The van der Waals surface area contributed by atoms with Crippen molar-refractivity contribution in [2.24, 2.45) is 4.99 Å². The summed E-state index contributed by atoms with van der Waals surface area (Å²) in [5.74, 6) is 1.09. The van der Waals surface area contributed by atoms with Crippen LogP contribution in [0.2, 0.25) is 0 Å². The van der Waals surface area contributed by atoms with Crippen LogP contribution in [0.3, 0.4) is 0 Å². The molecule has 7 heteroatoms. The van der Waals surface area contributed by atoms with E-state index in [1.54, 1.807) is 13.2 Å². The van der Waals surface area contributed by atoms with Gasteiger partial charge in [0.1, 0.15) is 6.61 Å². The Kier molecular flexibility index (Phi) is 7.14. The van der Waals surface area contributed by atoms with Crippen molar-refractivity contribution >= 4 is 63.1 Å². The predicted molar refractivity (Wildman–Crippen MR) is 141 cm³/mol. The Morgan fingerprint density at radius 1 is 1.03 bits per heavy atom. The van der Waals surface area contributed by atoms with E-state index in [-0.39, 0.29) is 5.70 Å². The Morgan fingerprint density at radius 3 is 2.53 bits per heavy atom. The molecule has 4 rings (SSSR count). The van der Waals surface area contributed by atoms with E-state index in [0.29, 0.717) is 24.0 Å². The van der Waals surface area contributed by atoms with Crippen molar-refractivity contribution in [3.05, 3.63) is 95.8 Å². The number of nitrogens with zero attached hydrogens (tertiary/aromatic N) is 1. The van der Waals surface area contributed by atoms with E-state index in [1.807, 2.05) is 67.6 Å². The second kappa shape index (κ2) is 10.0. The van der Waals surface area contributed by atoms with Gasteiger partial charge in [0.05, 0.1) is 10.7 Å². The van der Waals surface area contributed by atoms with E-state index in [1.165, 1.54) is 0 Å². The summed E-state index contributed by atoms with van der Waals surface area (Å²) >= 11 is 4.50. The molecule has 0 unspecified atom stereocenters. The van der Waals surface area contributed by atoms with Crippen LogP contribution in [0.25, 0.3) is 6.08 Å². The van der Waals surface area contributed by atoms with Crippen LogP contribution in [0.1, 0.15) is 22.3 Å². The lowest BCUT2D eigenvalue weighted by Gasteiger charge is -2.14. The number of aliphatic imine (C=N–C) groups is 1. The fourth-order valence-electron chi connectivity index (χ4n) is 3.22. The Bertz CT molecular complexity index is 1250. The molecular weight excluding hydrogens is 632 g/mol. The SMILES string of the molecule is COc1cc(/C=C2\N=C(c3ccccc3C)OC2=O)cc(I)c1OCc1ccccc1I. The minimum absolute atomic E-state index is 0.244. The number of halogens is 2. The molecule has 0 amide bonds. The zero-order valence-electron chi connectivity index (χ0n) is 17.4. The summed E-state index contributed by atoms with van der Waals surface area (Å²) in [5, 5.41) is 0. The minimum Gasteiger partial charge on any atom is -0.493 e. The summed E-state index contributed by atoms with van der Waals surface area (Å²) in [5.41, 5.74) is 3.91. The van der Waals surface area contributed by atoms with E-state index in [4.69, 9.17) is 14.2 Å². The maximum Gasteiger partial charge on any atom is 0.363 e. The zero-order valence-corrected chi connectivity index (χ0v) is 21.7.